The molecular formula is C13H21N3O. The molecule has 0 radical (unpaired) electrons. The van der Waals surface area contributed by atoms with Gasteiger partial charge in [-0.15, -0.1) is 0 Å². The average molecular weight is 235 g/mol. The number of nitrogen functional groups attached to an aromatic ring is 1. The highest BCUT2D eigenvalue weighted by molar-refractivity contribution is 5.59. The number of ether oxygens (including phenoxy) is 1. The van der Waals surface area contributed by atoms with Crippen LogP contribution in [0.2, 0.25) is 0 Å². The summed E-state index contributed by atoms with van der Waals surface area (Å²) in [6, 6.07) is 6.37. The summed E-state index contributed by atoms with van der Waals surface area (Å²) in [7, 11) is 3.84. The SMILES string of the molecule is COc1cc(N)cc(NCC2CCCN2C)c1. The van der Waals surface area contributed by atoms with Crippen molar-refractivity contribution in [2.24, 2.45) is 0 Å². The van der Waals surface area contributed by atoms with E-state index in [4.69, 9.17) is 10.5 Å². The highest BCUT2D eigenvalue weighted by Gasteiger charge is 2.20. The molecular weight excluding hydrogens is 214 g/mol. The number of likely N-dealkylation sites (tertiary alicyclic amines) is 1. The van der Waals surface area contributed by atoms with Gasteiger partial charge in [-0.3, -0.25) is 0 Å². The van der Waals surface area contributed by atoms with Crippen molar-refractivity contribution in [1.82, 2.24) is 4.90 Å². The second-order valence-electron chi connectivity index (χ2n) is 4.65. The van der Waals surface area contributed by atoms with Crippen LogP contribution in [0, 0.1) is 0 Å². The van der Waals surface area contributed by atoms with Gasteiger partial charge in [0.1, 0.15) is 5.75 Å². The molecule has 0 amide bonds. The van der Waals surface area contributed by atoms with Gasteiger partial charge in [0.25, 0.3) is 0 Å². The zero-order valence-corrected chi connectivity index (χ0v) is 10.6. The molecule has 3 N–H and O–H groups in total. The Kier molecular flexibility index (Phi) is 3.74. The molecule has 1 saturated heterocycles. The molecule has 1 aromatic rings. The fourth-order valence-electron chi connectivity index (χ4n) is 2.31. The van der Waals surface area contributed by atoms with Crippen molar-refractivity contribution in [1.29, 1.82) is 0 Å². The van der Waals surface area contributed by atoms with E-state index in [2.05, 4.69) is 17.3 Å². The zero-order chi connectivity index (χ0) is 12.3. The minimum Gasteiger partial charge on any atom is -0.497 e. The van der Waals surface area contributed by atoms with Crippen LogP contribution in [0.25, 0.3) is 0 Å². The number of methoxy groups -OCH3 is 1. The lowest BCUT2D eigenvalue weighted by Gasteiger charge is -2.20. The molecule has 1 aliphatic rings. The summed E-state index contributed by atoms with van der Waals surface area (Å²) in [6.45, 7) is 2.16. The van der Waals surface area contributed by atoms with Gasteiger partial charge in [0.2, 0.25) is 0 Å². The number of nitrogens with two attached hydrogens (primary N) is 1. The molecule has 0 aliphatic carbocycles. The summed E-state index contributed by atoms with van der Waals surface area (Å²) < 4.78 is 5.20. The van der Waals surface area contributed by atoms with Crippen LogP contribution in [0.1, 0.15) is 12.8 Å². The van der Waals surface area contributed by atoms with Gasteiger partial charge in [0, 0.05) is 36.1 Å². The van der Waals surface area contributed by atoms with Gasteiger partial charge in [-0.2, -0.15) is 0 Å². The van der Waals surface area contributed by atoms with Crippen molar-refractivity contribution >= 4 is 11.4 Å². The van der Waals surface area contributed by atoms with Crippen molar-refractivity contribution < 1.29 is 4.74 Å². The minimum atomic E-state index is 0.627. The number of hydrogen-bond donors (Lipinski definition) is 2. The van der Waals surface area contributed by atoms with Gasteiger partial charge in [0.15, 0.2) is 0 Å². The summed E-state index contributed by atoms with van der Waals surface area (Å²) >= 11 is 0. The molecule has 1 aromatic carbocycles. The molecule has 94 valence electrons. The average Bonchev–Trinajstić information content (AvgIpc) is 2.71. The summed E-state index contributed by atoms with van der Waals surface area (Å²) in [5, 5.41) is 3.43. The van der Waals surface area contributed by atoms with E-state index in [0.717, 1.165) is 23.7 Å². The molecule has 17 heavy (non-hydrogen) atoms. The van der Waals surface area contributed by atoms with Crippen LogP contribution in [-0.4, -0.2) is 38.2 Å². The quantitative estimate of drug-likeness (QED) is 0.781. The lowest BCUT2D eigenvalue weighted by atomic mass is 10.2. The topological polar surface area (TPSA) is 50.5 Å². The number of hydrogen-bond acceptors (Lipinski definition) is 4. The van der Waals surface area contributed by atoms with Gasteiger partial charge in [0.05, 0.1) is 7.11 Å². The van der Waals surface area contributed by atoms with Crippen molar-refractivity contribution in [3.8, 4) is 5.75 Å². The number of anilines is 2. The summed E-state index contributed by atoms with van der Waals surface area (Å²) in [5.41, 5.74) is 7.57. The van der Waals surface area contributed by atoms with Crippen LogP contribution in [-0.2, 0) is 0 Å². The zero-order valence-electron chi connectivity index (χ0n) is 10.6. The van der Waals surface area contributed by atoms with Crippen molar-refractivity contribution in [3.63, 3.8) is 0 Å². The van der Waals surface area contributed by atoms with Crippen LogP contribution in [0.3, 0.4) is 0 Å². The first kappa shape index (κ1) is 12.0. The molecule has 1 fully saturated rings. The molecule has 1 atom stereocenters. The maximum atomic E-state index is 5.82. The van der Waals surface area contributed by atoms with E-state index in [1.807, 2.05) is 18.2 Å². The molecule has 1 unspecified atom stereocenters. The summed E-state index contributed by atoms with van der Waals surface area (Å²) in [6.07, 6.45) is 2.56. The van der Waals surface area contributed by atoms with Crippen molar-refractivity contribution in [3.05, 3.63) is 18.2 Å². The van der Waals surface area contributed by atoms with Crippen LogP contribution in [0.4, 0.5) is 11.4 Å². The Bertz CT molecular complexity index is 381. The van der Waals surface area contributed by atoms with Crippen LogP contribution < -0.4 is 15.8 Å². The maximum absolute atomic E-state index is 5.82. The van der Waals surface area contributed by atoms with Crippen LogP contribution in [0.5, 0.6) is 5.75 Å². The molecule has 0 bridgehead atoms. The van der Waals surface area contributed by atoms with Crippen LogP contribution in [0.15, 0.2) is 18.2 Å². The third-order valence-corrected chi connectivity index (χ3v) is 3.38. The standard InChI is InChI=1S/C13H21N3O/c1-16-5-3-4-12(16)9-15-11-6-10(14)7-13(8-11)17-2/h6-8,12,15H,3-5,9,14H2,1-2H3. The Morgan fingerprint density at radius 2 is 2.29 bits per heavy atom. The molecule has 0 aromatic heterocycles. The fourth-order valence-corrected chi connectivity index (χ4v) is 2.31. The predicted molar refractivity (Wildman–Crippen MR) is 71.5 cm³/mol. The maximum Gasteiger partial charge on any atom is 0.122 e. The van der Waals surface area contributed by atoms with Gasteiger partial charge >= 0.3 is 0 Å². The highest BCUT2D eigenvalue weighted by Crippen LogP contribution is 2.23. The van der Waals surface area contributed by atoms with Crippen molar-refractivity contribution in [2.75, 3.05) is 38.3 Å². The molecule has 1 heterocycles. The number of rotatable bonds is 4. The highest BCUT2D eigenvalue weighted by atomic mass is 16.5. The number of nitrogens with zero attached hydrogens (tertiary/aromatic N) is 1. The van der Waals surface area contributed by atoms with E-state index in [0.29, 0.717) is 6.04 Å². The first-order chi connectivity index (χ1) is 8.19. The number of benzene rings is 1. The summed E-state index contributed by atoms with van der Waals surface area (Å²) in [4.78, 5) is 2.40. The van der Waals surface area contributed by atoms with Gasteiger partial charge in [-0.1, -0.05) is 0 Å². The van der Waals surface area contributed by atoms with E-state index < -0.39 is 0 Å². The second-order valence-corrected chi connectivity index (χ2v) is 4.65. The van der Waals surface area contributed by atoms with E-state index in [-0.39, 0.29) is 0 Å². The molecule has 1 aliphatic heterocycles. The van der Waals surface area contributed by atoms with Crippen LogP contribution >= 0.6 is 0 Å². The smallest absolute Gasteiger partial charge is 0.122 e. The number of likely N-dealkylation sites (N-methyl/N-ethyl adjacent to an activating group) is 1. The monoisotopic (exact) mass is 235 g/mol. The molecule has 0 spiro atoms. The molecule has 2 rings (SSSR count). The van der Waals surface area contributed by atoms with Gasteiger partial charge in [-0.25, -0.2) is 0 Å². The summed E-state index contributed by atoms with van der Waals surface area (Å²) in [5.74, 6) is 0.798. The Morgan fingerprint density at radius 3 is 2.94 bits per heavy atom. The van der Waals surface area contributed by atoms with Crippen molar-refractivity contribution in [2.45, 2.75) is 18.9 Å². The van der Waals surface area contributed by atoms with E-state index in [9.17, 15) is 0 Å². The van der Waals surface area contributed by atoms with E-state index in [1.165, 1.54) is 19.4 Å². The Hall–Kier alpha value is -1.42. The first-order valence-electron chi connectivity index (χ1n) is 6.07. The Labute approximate surface area is 103 Å². The largest absolute Gasteiger partial charge is 0.497 e. The van der Waals surface area contributed by atoms with Gasteiger partial charge in [-0.05, 0) is 32.5 Å². The number of nitrogens with one attached hydrogen (secondary N) is 1. The fraction of sp³-hybridized carbons (Fsp3) is 0.538. The Balaban J connectivity index is 1.96. The minimum absolute atomic E-state index is 0.627. The normalized spacial score (nSPS) is 20.5. The lowest BCUT2D eigenvalue weighted by Crippen LogP contribution is -2.31. The van der Waals surface area contributed by atoms with Gasteiger partial charge < -0.3 is 20.7 Å². The molecule has 4 heteroatoms. The lowest BCUT2D eigenvalue weighted by molar-refractivity contribution is 0.322. The molecule has 0 saturated carbocycles. The second kappa shape index (κ2) is 5.27. The third kappa shape index (κ3) is 3.03. The van der Waals surface area contributed by atoms with E-state index >= 15 is 0 Å². The molecule has 4 nitrogen and oxygen atoms in total. The first-order valence-corrected chi connectivity index (χ1v) is 6.07. The third-order valence-electron chi connectivity index (χ3n) is 3.38. The predicted octanol–water partition coefficient (Wildman–Crippen LogP) is 1.78. The Morgan fingerprint density at radius 1 is 1.47 bits per heavy atom. The van der Waals surface area contributed by atoms with E-state index in [1.54, 1.807) is 7.11 Å².